The van der Waals surface area contributed by atoms with Crippen molar-refractivity contribution in [3.8, 4) is 0 Å². The van der Waals surface area contributed by atoms with Crippen LogP contribution in [0.5, 0.6) is 0 Å². The molecule has 4 aromatic rings. The zero-order chi connectivity index (χ0) is 25.6. The van der Waals surface area contributed by atoms with E-state index < -0.39 is 0 Å². The van der Waals surface area contributed by atoms with Gasteiger partial charge in [-0.15, -0.1) is 0 Å². The summed E-state index contributed by atoms with van der Waals surface area (Å²) in [6.07, 6.45) is 3.79. The van der Waals surface area contributed by atoms with Crippen LogP contribution in [-0.2, 0) is 20.1 Å². The van der Waals surface area contributed by atoms with Gasteiger partial charge in [-0.3, -0.25) is 14.3 Å². The number of anilines is 2. The van der Waals surface area contributed by atoms with E-state index in [1.54, 1.807) is 22.0 Å². The molecule has 11 heteroatoms. The number of hydrogen-bond donors (Lipinski definition) is 2. The summed E-state index contributed by atoms with van der Waals surface area (Å²) in [7, 11) is 1.93. The Labute approximate surface area is 209 Å². The van der Waals surface area contributed by atoms with Gasteiger partial charge in [-0.05, 0) is 46.6 Å². The number of pyridine rings is 1. The molecule has 0 spiro atoms. The standard InChI is InChI=1S/C25H33N9O2/c1-6-32(7-2)25(36)18-13-19(30-34(18)9-4)28-22-20-21(31(5)14-26-20)16-12-17(24(35)27-15-10-11-15)33(8-3)23(16)29-22/h12-15H,6-11H2,1-5H3,(H,27,35)(H,28,29,30). The van der Waals surface area contributed by atoms with Gasteiger partial charge in [-0.25, -0.2) is 9.97 Å². The molecule has 36 heavy (non-hydrogen) atoms. The lowest BCUT2D eigenvalue weighted by atomic mass is 10.2. The second-order valence-corrected chi connectivity index (χ2v) is 9.10. The number of amides is 2. The summed E-state index contributed by atoms with van der Waals surface area (Å²) in [5, 5.41) is 11.9. The second-order valence-electron chi connectivity index (χ2n) is 9.10. The third kappa shape index (κ3) is 3.98. The summed E-state index contributed by atoms with van der Waals surface area (Å²) < 4.78 is 5.57. The predicted octanol–water partition coefficient (Wildman–Crippen LogP) is 3.28. The molecule has 5 rings (SSSR count). The number of aryl methyl sites for hydroxylation is 3. The van der Waals surface area contributed by atoms with Crippen LogP contribution in [0.15, 0.2) is 18.5 Å². The first kappa shape index (κ1) is 23.8. The van der Waals surface area contributed by atoms with Gasteiger partial charge in [0.15, 0.2) is 11.6 Å². The van der Waals surface area contributed by atoms with Crippen LogP contribution in [-0.4, -0.2) is 64.7 Å². The zero-order valence-electron chi connectivity index (χ0n) is 21.5. The van der Waals surface area contributed by atoms with Crippen LogP contribution in [0.1, 0.15) is 61.5 Å². The molecule has 1 fully saturated rings. The molecule has 0 unspecified atom stereocenters. The van der Waals surface area contributed by atoms with Crippen molar-refractivity contribution in [1.29, 1.82) is 0 Å². The van der Waals surface area contributed by atoms with Crippen molar-refractivity contribution in [2.75, 3.05) is 18.4 Å². The van der Waals surface area contributed by atoms with Crippen LogP contribution in [0.4, 0.5) is 11.6 Å². The van der Waals surface area contributed by atoms with Gasteiger partial charge in [0.25, 0.3) is 11.8 Å². The summed E-state index contributed by atoms with van der Waals surface area (Å²) in [6.45, 7) is 10.3. The van der Waals surface area contributed by atoms with Gasteiger partial charge in [0, 0.05) is 50.7 Å². The molecule has 0 radical (unpaired) electrons. The number of carbonyl (C=O) groups is 2. The van der Waals surface area contributed by atoms with Gasteiger partial charge in [-0.1, -0.05) is 0 Å². The molecule has 2 N–H and O–H groups in total. The quantitative estimate of drug-likeness (QED) is 0.371. The summed E-state index contributed by atoms with van der Waals surface area (Å²) in [5.74, 6) is 0.915. The normalized spacial score (nSPS) is 13.5. The Bertz CT molecular complexity index is 1450. The SMILES string of the molecule is CCN(CC)C(=O)c1cc(Nc2nc3c(cc(C(=O)NC4CC4)n3CC)c3c2ncn3C)nn1CC. The van der Waals surface area contributed by atoms with Gasteiger partial charge < -0.3 is 24.7 Å². The van der Waals surface area contributed by atoms with Crippen LogP contribution in [0.3, 0.4) is 0 Å². The summed E-state index contributed by atoms with van der Waals surface area (Å²) in [5.41, 5.74) is 3.37. The molecule has 4 heterocycles. The summed E-state index contributed by atoms with van der Waals surface area (Å²) >= 11 is 0. The van der Waals surface area contributed by atoms with E-state index in [1.807, 2.05) is 49.9 Å². The highest BCUT2D eigenvalue weighted by atomic mass is 16.2. The largest absolute Gasteiger partial charge is 0.348 e. The van der Waals surface area contributed by atoms with E-state index >= 15 is 0 Å². The van der Waals surface area contributed by atoms with Crippen LogP contribution in [0.2, 0.25) is 0 Å². The smallest absolute Gasteiger partial charge is 0.272 e. The first-order valence-corrected chi connectivity index (χ1v) is 12.7. The predicted molar refractivity (Wildman–Crippen MR) is 139 cm³/mol. The summed E-state index contributed by atoms with van der Waals surface area (Å²) in [4.78, 5) is 37.3. The Morgan fingerprint density at radius 2 is 1.83 bits per heavy atom. The molecular formula is C25H33N9O2. The number of carbonyl (C=O) groups excluding carboxylic acids is 2. The molecule has 1 aliphatic carbocycles. The maximum Gasteiger partial charge on any atom is 0.272 e. The first-order chi connectivity index (χ1) is 17.4. The van der Waals surface area contributed by atoms with Crippen molar-refractivity contribution in [1.82, 2.24) is 39.1 Å². The van der Waals surface area contributed by atoms with Crippen LogP contribution in [0.25, 0.3) is 22.1 Å². The van der Waals surface area contributed by atoms with E-state index in [2.05, 4.69) is 20.7 Å². The molecule has 4 aromatic heterocycles. The Morgan fingerprint density at radius 3 is 2.47 bits per heavy atom. The third-order valence-corrected chi connectivity index (χ3v) is 6.76. The van der Waals surface area contributed by atoms with Crippen LogP contribution >= 0.6 is 0 Å². The fourth-order valence-corrected chi connectivity index (χ4v) is 4.68. The van der Waals surface area contributed by atoms with Crippen LogP contribution < -0.4 is 10.6 Å². The molecule has 2 amide bonds. The minimum Gasteiger partial charge on any atom is -0.348 e. The van der Waals surface area contributed by atoms with E-state index in [4.69, 9.17) is 4.98 Å². The highest BCUT2D eigenvalue weighted by Gasteiger charge is 2.27. The third-order valence-electron chi connectivity index (χ3n) is 6.76. The number of nitrogens with zero attached hydrogens (tertiary/aromatic N) is 7. The number of aromatic nitrogens is 6. The Morgan fingerprint density at radius 1 is 1.08 bits per heavy atom. The van der Waals surface area contributed by atoms with E-state index in [-0.39, 0.29) is 17.9 Å². The minimum atomic E-state index is -0.0802. The molecule has 1 saturated carbocycles. The monoisotopic (exact) mass is 491 g/mol. The lowest BCUT2D eigenvalue weighted by Gasteiger charge is -2.18. The lowest BCUT2D eigenvalue weighted by molar-refractivity contribution is 0.0760. The van der Waals surface area contributed by atoms with Crippen molar-refractivity contribution in [3.63, 3.8) is 0 Å². The molecule has 0 atom stereocenters. The molecule has 0 bridgehead atoms. The maximum atomic E-state index is 13.0. The van der Waals surface area contributed by atoms with Crippen molar-refractivity contribution >= 4 is 45.5 Å². The van der Waals surface area contributed by atoms with Crippen molar-refractivity contribution < 1.29 is 9.59 Å². The lowest BCUT2D eigenvalue weighted by Crippen LogP contribution is -2.32. The van der Waals surface area contributed by atoms with Gasteiger partial charge in [0.05, 0.1) is 11.8 Å². The number of nitrogens with one attached hydrogen (secondary N) is 2. The minimum absolute atomic E-state index is 0.0556. The molecule has 190 valence electrons. The summed E-state index contributed by atoms with van der Waals surface area (Å²) in [6, 6.07) is 3.94. The Balaban J connectivity index is 1.60. The van der Waals surface area contributed by atoms with Gasteiger partial charge in [-0.2, -0.15) is 5.10 Å². The second kappa shape index (κ2) is 9.29. The molecule has 0 aromatic carbocycles. The Kier molecular flexibility index (Phi) is 6.15. The highest BCUT2D eigenvalue weighted by Crippen LogP contribution is 2.32. The van der Waals surface area contributed by atoms with E-state index in [0.29, 0.717) is 60.4 Å². The first-order valence-electron chi connectivity index (χ1n) is 12.7. The average molecular weight is 492 g/mol. The number of imidazole rings is 1. The highest BCUT2D eigenvalue weighted by molar-refractivity contribution is 6.10. The van der Waals surface area contributed by atoms with Crippen molar-refractivity contribution in [2.45, 2.75) is 59.7 Å². The van der Waals surface area contributed by atoms with Gasteiger partial charge in [0.2, 0.25) is 0 Å². The molecule has 1 aliphatic rings. The van der Waals surface area contributed by atoms with E-state index in [1.165, 1.54) is 0 Å². The maximum absolute atomic E-state index is 13.0. The number of fused-ring (bicyclic) bond motifs is 3. The zero-order valence-corrected chi connectivity index (χ0v) is 21.5. The molecular weight excluding hydrogens is 458 g/mol. The number of rotatable bonds is 9. The van der Waals surface area contributed by atoms with Gasteiger partial charge >= 0.3 is 0 Å². The average Bonchev–Trinajstić information content (AvgIpc) is 3.28. The molecule has 0 saturated heterocycles. The fraction of sp³-hybridized carbons (Fsp3) is 0.480. The molecule has 0 aliphatic heterocycles. The van der Waals surface area contributed by atoms with Crippen molar-refractivity contribution in [2.24, 2.45) is 7.05 Å². The topological polar surface area (TPSA) is 115 Å². The molecule has 11 nitrogen and oxygen atoms in total. The fourth-order valence-electron chi connectivity index (χ4n) is 4.68. The van der Waals surface area contributed by atoms with E-state index in [9.17, 15) is 9.59 Å². The van der Waals surface area contributed by atoms with Crippen molar-refractivity contribution in [3.05, 3.63) is 29.8 Å². The van der Waals surface area contributed by atoms with E-state index in [0.717, 1.165) is 23.7 Å². The number of hydrogen-bond acceptors (Lipinski definition) is 6. The van der Waals surface area contributed by atoms with Gasteiger partial charge in [0.1, 0.15) is 22.6 Å². The van der Waals surface area contributed by atoms with Crippen LogP contribution in [0, 0.1) is 0 Å². The Hall–Kier alpha value is -3.89.